The molecule has 0 bridgehead atoms. The molecule has 2 aromatic rings. The Morgan fingerprint density at radius 3 is 2.64 bits per heavy atom. The molecule has 118 valence electrons. The van der Waals surface area contributed by atoms with E-state index in [2.05, 4.69) is 20.4 Å². The van der Waals surface area contributed by atoms with Crippen molar-refractivity contribution in [3.05, 3.63) is 41.5 Å². The smallest absolute Gasteiger partial charge is 0.173 e. The van der Waals surface area contributed by atoms with Gasteiger partial charge < -0.3 is 4.74 Å². The number of rotatable bonds is 6. The fourth-order valence-electron chi connectivity index (χ4n) is 2.91. The Balaban J connectivity index is 1.94. The number of hydrogen-bond donors (Lipinski definition) is 0. The van der Waals surface area contributed by atoms with Gasteiger partial charge in [-0.05, 0) is 54.1 Å². The molecule has 0 amide bonds. The van der Waals surface area contributed by atoms with E-state index >= 15 is 0 Å². The van der Waals surface area contributed by atoms with Crippen molar-refractivity contribution in [2.75, 3.05) is 26.8 Å². The zero-order valence-electron chi connectivity index (χ0n) is 12.7. The van der Waals surface area contributed by atoms with Crippen molar-refractivity contribution >= 4 is 0 Å². The summed E-state index contributed by atoms with van der Waals surface area (Å²) in [6.45, 7) is 3.15. The molecule has 7 heteroatoms. The molecule has 0 aliphatic carbocycles. The lowest BCUT2D eigenvalue weighted by atomic mass is 10.0. The summed E-state index contributed by atoms with van der Waals surface area (Å²) in [7, 11) is 1.65. The van der Waals surface area contributed by atoms with Crippen LogP contribution in [0.25, 0.3) is 0 Å². The first kappa shape index (κ1) is 15.1. The Morgan fingerprint density at radius 1 is 1.23 bits per heavy atom. The molecule has 0 spiro atoms. The van der Waals surface area contributed by atoms with Crippen LogP contribution in [0.4, 0.5) is 4.39 Å². The molecule has 1 aromatic heterocycles. The van der Waals surface area contributed by atoms with E-state index in [1.165, 1.54) is 12.1 Å². The number of halogens is 1. The van der Waals surface area contributed by atoms with Crippen molar-refractivity contribution in [3.63, 3.8) is 0 Å². The lowest BCUT2D eigenvalue weighted by Crippen LogP contribution is -2.29. The predicted octanol–water partition coefficient (Wildman–Crippen LogP) is 1.64. The number of nitrogens with zero attached hydrogens (tertiary/aromatic N) is 5. The number of likely N-dealkylation sites (tertiary alicyclic amines) is 1. The number of methoxy groups -OCH3 is 1. The SMILES string of the molecule is COCCn1nnnc1C(c1ccc(F)cc1)N1CCCC1. The van der Waals surface area contributed by atoms with E-state index in [4.69, 9.17) is 4.74 Å². The van der Waals surface area contributed by atoms with Crippen LogP contribution in [0.15, 0.2) is 24.3 Å². The van der Waals surface area contributed by atoms with Gasteiger partial charge in [0, 0.05) is 7.11 Å². The van der Waals surface area contributed by atoms with E-state index in [-0.39, 0.29) is 11.9 Å². The molecule has 22 heavy (non-hydrogen) atoms. The van der Waals surface area contributed by atoms with Crippen molar-refractivity contribution in [2.24, 2.45) is 0 Å². The first-order valence-corrected chi connectivity index (χ1v) is 7.54. The fourth-order valence-corrected chi connectivity index (χ4v) is 2.91. The summed E-state index contributed by atoms with van der Waals surface area (Å²) in [5.74, 6) is 0.549. The van der Waals surface area contributed by atoms with Gasteiger partial charge >= 0.3 is 0 Å². The number of ether oxygens (including phenoxy) is 1. The zero-order chi connectivity index (χ0) is 15.4. The second-order valence-electron chi connectivity index (χ2n) is 5.45. The lowest BCUT2D eigenvalue weighted by Gasteiger charge is -2.26. The number of benzene rings is 1. The van der Waals surface area contributed by atoms with Crippen LogP contribution in [0.1, 0.15) is 30.3 Å². The Morgan fingerprint density at radius 2 is 1.95 bits per heavy atom. The quantitative estimate of drug-likeness (QED) is 0.812. The predicted molar refractivity (Wildman–Crippen MR) is 78.7 cm³/mol. The molecule has 2 heterocycles. The summed E-state index contributed by atoms with van der Waals surface area (Å²) >= 11 is 0. The van der Waals surface area contributed by atoms with Gasteiger partial charge in [-0.3, -0.25) is 4.90 Å². The molecule has 1 fully saturated rings. The van der Waals surface area contributed by atoms with E-state index in [1.807, 2.05) is 12.1 Å². The molecule has 1 atom stereocenters. The molecule has 1 aliphatic heterocycles. The lowest BCUT2D eigenvalue weighted by molar-refractivity contribution is 0.178. The van der Waals surface area contributed by atoms with Crippen LogP contribution in [-0.4, -0.2) is 51.9 Å². The van der Waals surface area contributed by atoms with E-state index in [9.17, 15) is 4.39 Å². The standard InChI is InChI=1S/C15H20FN5O/c1-22-11-10-21-15(17-18-19-21)14(20-8-2-3-9-20)12-4-6-13(16)7-5-12/h4-7,14H,2-3,8-11H2,1H3. The number of tetrazole rings is 1. The molecule has 0 radical (unpaired) electrons. The number of hydrogen-bond acceptors (Lipinski definition) is 5. The maximum Gasteiger partial charge on any atom is 0.173 e. The van der Waals surface area contributed by atoms with Gasteiger partial charge in [0.2, 0.25) is 0 Å². The first-order valence-electron chi connectivity index (χ1n) is 7.54. The molecule has 1 aromatic carbocycles. The Bertz CT molecular complexity index is 594. The average molecular weight is 305 g/mol. The molecule has 6 nitrogen and oxygen atoms in total. The van der Waals surface area contributed by atoms with Crippen LogP contribution in [-0.2, 0) is 11.3 Å². The number of aromatic nitrogens is 4. The second-order valence-corrected chi connectivity index (χ2v) is 5.45. The van der Waals surface area contributed by atoms with E-state index in [1.54, 1.807) is 11.8 Å². The van der Waals surface area contributed by atoms with Crippen LogP contribution < -0.4 is 0 Å². The highest BCUT2D eigenvalue weighted by molar-refractivity contribution is 5.25. The highest BCUT2D eigenvalue weighted by atomic mass is 19.1. The van der Waals surface area contributed by atoms with E-state index in [0.717, 1.165) is 37.3 Å². The van der Waals surface area contributed by atoms with Gasteiger partial charge in [0.15, 0.2) is 5.82 Å². The van der Waals surface area contributed by atoms with E-state index in [0.29, 0.717) is 13.2 Å². The molecular weight excluding hydrogens is 285 g/mol. The minimum absolute atomic E-state index is 0.0463. The van der Waals surface area contributed by atoms with Crippen molar-refractivity contribution in [1.29, 1.82) is 0 Å². The molecule has 1 saturated heterocycles. The largest absolute Gasteiger partial charge is 0.383 e. The van der Waals surface area contributed by atoms with Gasteiger partial charge in [-0.25, -0.2) is 9.07 Å². The minimum atomic E-state index is -0.233. The molecule has 0 saturated carbocycles. The summed E-state index contributed by atoms with van der Waals surface area (Å²) in [5, 5.41) is 12.1. The Labute approximate surface area is 128 Å². The van der Waals surface area contributed by atoms with Gasteiger partial charge in [0.25, 0.3) is 0 Å². The van der Waals surface area contributed by atoms with Gasteiger partial charge in [0.1, 0.15) is 5.82 Å². The molecule has 0 N–H and O–H groups in total. The summed E-state index contributed by atoms with van der Waals surface area (Å²) in [6, 6.07) is 6.56. The normalized spacial score (nSPS) is 17.0. The molecular formula is C15H20FN5O. The molecule has 1 aliphatic rings. The summed E-state index contributed by atoms with van der Waals surface area (Å²) in [6.07, 6.45) is 2.33. The van der Waals surface area contributed by atoms with Crippen molar-refractivity contribution in [3.8, 4) is 0 Å². The fraction of sp³-hybridized carbons (Fsp3) is 0.533. The Hall–Kier alpha value is -1.86. The van der Waals surface area contributed by atoms with E-state index < -0.39 is 0 Å². The Kier molecular flexibility index (Phi) is 4.74. The summed E-state index contributed by atoms with van der Waals surface area (Å²) in [5.41, 5.74) is 1.01. The van der Waals surface area contributed by atoms with Crippen LogP contribution >= 0.6 is 0 Å². The highest BCUT2D eigenvalue weighted by Gasteiger charge is 2.29. The summed E-state index contributed by atoms with van der Waals surface area (Å²) in [4.78, 5) is 2.35. The first-order chi connectivity index (χ1) is 10.8. The average Bonchev–Trinajstić information content (AvgIpc) is 3.20. The van der Waals surface area contributed by atoms with Crippen molar-refractivity contribution in [2.45, 2.75) is 25.4 Å². The molecule has 3 rings (SSSR count). The van der Waals surface area contributed by atoms with Gasteiger partial charge in [-0.1, -0.05) is 12.1 Å². The van der Waals surface area contributed by atoms with Gasteiger partial charge in [-0.2, -0.15) is 0 Å². The highest BCUT2D eigenvalue weighted by Crippen LogP contribution is 2.30. The maximum absolute atomic E-state index is 13.2. The topological polar surface area (TPSA) is 56.1 Å². The van der Waals surface area contributed by atoms with Gasteiger partial charge in [0.05, 0.1) is 19.2 Å². The van der Waals surface area contributed by atoms with Crippen LogP contribution in [0.2, 0.25) is 0 Å². The van der Waals surface area contributed by atoms with Crippen LogP contribution in [0, 0.1) is 5.82 Å². The zero-order valence-corrected chi connectivity index (χ0v) is 12.7. The molecule has 1 unspecified atom stereocenters. The van der Waals surface area contributed by atoms with Crippen molar-refractivity contribution < 1.29 is 9.13 Å². The monoisotopic (exact) mass is 305 g/mol. The third-order valence-electron chi connectivity index (χ3n) is 4.00. The second kappa shape index (κ2) is 6.93. The van der Waals surface area contributed by atoms with Crippen LogP contribution in [0.5, 0.6) is 0 Å². The maximum atomic E-state index is 13.2. The van der Waals surface area contributed by atoms with Gasteiger partial charge in [-0.15, -0.1) is 5.10 Å². The minimum Gasteiger partial charge on any atom is -0.383 e. The van der Waals surface area contributed by atoms with Crippen LogP contribution in [0.3, 0.4) is 0 Å². The summed E-state index contributed by atoms with van der Waals surface area (Å²) < 4.78 is 20.1. The van der Waals surface area contributed by atoms with Crippen molar-refractivity contribution in [1.82, 2.24) is 25.1 Å². The third kappa shape index (κ3) is 3.15. The third-order valence-corrected chi connectivity index (χ3v) is 4.00.